The first-order chi connectivity index (χ1) is 8.95. The summed E-state index contributed by atoms with van der Waals surface area (Å²) in [5.41, 5.74) is 7.68. The van der Waals surface area contributed by atoms with Crippen LogP contribution in [0, 0.1) is 13.8 Å². The molecule has 0 spiro atoms. The van der Waals surface area contributed by atoms with Crippen LogP contribution in [0.4, 0.5) is 0 Å². The molecule has 0 bridgehead atoms. The van der Waals surface area contributed by atoms with E-state index >= 15 is 0 Å². The van der Waals surface area contributed by atoms with Crippen LogP contribution in [0.3, 0.4) is 0 Å². The summed E-state index contributed by atoms with van der Waals surface area (Å²) in [5, 5.41) is 0. The molecule has 4 heteroatoms. The van der Waals surface area contributed by atoms with Gasteiger partial charge in [0.15, 0.2) is 5.78 Å². The summed E-state index contributed by atoms with van der Waals surface area (Å²) in [6.45, 7) is 3.85. The molecule has 0 unspecified atom stereocenters. The Labute approximate surface area is 113 Å². The molecule has 104 valence electrons. The molecule has 0 saturated carbocycles. The van der Waals surface area contributed by atoms with Gasteiger partial charge in [0.25, 0.3) is 0 Å². The second kappa shape index (κ2) is 6.92. The van der Waals surface area contributed by atoms with Gasteiger partial charge in [-0.05, 0) is 49.9 Å². The fraction of sp³-hybridized carbons (Fsp3) is 0.467. The molecule has 1 rings (SSSR count). The molecule has 0 atom stereocenters. The van der Waals surface area contributed by atoms with E-state index < -0.39 is 0 Å². The highest BCUT2D eigenvalue weighted by molar-refractivity contribution is 5.96. The number of primary amides is 1. The molecule has 0 aliphatic carbocycles. The molecule has 0 saturated heterocycles. The third kappa shape index (κ3) is 4.39. The number of amides is 1. The average molecular weight is 263 g/mol. The van der Waals surface area contributed by atoms with Gasteiger partial charge in [-0.1, -0.05) is 0 Å². The predicted molar refractivity (Wildman–Crippen MR) is 74.5 cm³/mol. The van der Waals surface area contributed by atoms with E-state index in [0.717, 1.165) is 16.9 Å². The third-order valence-electron chi connectivity index (χ3n) is 3.06. The molecule has 0 aromatic heterocycles. The number of hydrogen-bond donors (Lipinski definition) is 1. The minimum Gasteiger partial charge on any atom is -0.496 e. The van der Waals surface area contributed by atoms with Crippen molar-refractivity contribution in [2.24, 2.45) is 5.73 Å². The molecule has 4 nitrogen and oxygen atoms in total. The van der Waals surface area contributed by atoms with Gasteiger partial charge in [-0.15, -0.1) is 0 Å². The van der Waals surface area contributed by atoms with E-state index in [-0.39, 0.29) is 11.7 Å². The Morgan fingerprint density at radius 3 is 2.11 bits per heavy atom. The van der Waals surface area contributed by atoms with Crippen LogP contribution in [-0.2, 0) is 4.79 Å². The number of benzene rings is 1. The number of methoxy groups -OCH3 is 1. The van der Waals surface area contributed by atoms with Crippen molar-refractivity contribution >= 4 is 11.7 Å². The number of rotatable bonds is 7. The lowest BCUT2D eigenvalue weighted by Crippen LogP contribution is -2.10. The van der Waals surface area contributed by atoms with Crippen LogP contribution >= 0.6 is 0 Å². The van der Waals surface area contributed by atoms with Crippen LogP contribution in [0.15, 0.2) is 12.1 Å². The van der Waals surface area contributed by atoms with Gasteiger partial charge in [0, 0.05) is 18.4 Å². The van der Waals surface area contributed by atoms with Gasteiger partial charge < -0.3 is 10.5 Å². The predicted octanol–water partition coefficient (Wildman–Crippen LogP) is 2.54. The van der Waals surface area contributed by atoms with Crippen molar-refractivity contribution in [1.29, 1.82) is 0 Å². The van der Waals surface area contributed by atoms with Crippen molar-refractivity contribution < 1.29 is 14.3 Å². The lowest BCUT2D eigenvalue weighted by Gasteiger charge is -2.10. The lowest BCUT2D eigenvalue weighted by molar-refractivity contribution is -0.118. The quantitative estimate of drug-likeness (QED) is 0.607. The van der Waals surface area contributed by atoms with Crippen molar-refractivity contribution in [3.05, 3.63) is 28.8 Å². The lowest BCUT2D eigenvalue weighted by atomic mass is 9.99. The Hall–Kier alpha value is -1.84. The number of carbonyl (C=O) groups excluding carboxylic acids is 2. The zero-order valence-electron chi connectivity index (χ0n) is 11.8. The first-order valence-electron chi connectivity index (χ1n) is 6.42. The molecule has 0 aliphatic heterocycles. The topological polar surface area (TPSA) is 69.4 Å². The number of unbranched alkanes of at least 4 members (excludes halogenated alkanes) is 1. The van der Waals surface area contributed by atoms with Crippen molar-refractivity contribution in [2.45, 2.75) is 39.5 Å². The largest absolute Gasteiger partial charge is 0.496 e. The second-order valence-electron chi connectivity index (χ2n) is 4.74. The first kappa shape index (κ1) is 15.2. The van der Waals surface area contributed by atoms with E-state index in [2.05, 4.69) is 0 Å². The van der Waals surface area contributed by atoms with Gasteiger partial charge in [-0.2, -0.15) is 0 Å². The number of ether oxygens (including phenoxy) is 1. The Morgan fingerprint density at radius 2 is 1.63 bits per heavy atom. The van der Waals surface area contributed by atoms with Crippen LogP contribution in [0.1, 0.15) is 47.2 Å². The Kier molecular flexibility index (Phi) is 5.55. The highest BCUT2D eigenvalue weighted by atomic mass is 16.5. The van der Waals surface area contributed by atoms with E-state index in [0.29, 0.717) is 31.2 Å². The minimum absolute atomic E-state index is 0.0957. The molecular weight excluding hydrogens is 242 g/mol. The smallest absolute Gasteiger partial charge is 0.217 e. The van der Waals surface area contributed by atoms with Crippen molar-refractivity contribution in [1.82, 2.24) is 0 Å². The summed E-state index contributed by atoms with van der Waals surface area (Å²) < 4.78 is 5.27. The summed E-state index contributed by atoms with van der Waals surface area (Å²) in [5.74, 6) is 0.604. The summed E-state index contributed by atoms with van der Waals surface area (Å²) in [6, 6.07) is 3.70. The number of hydrogen-bond acceptors (Lipinski definition) is 3. The monoisotopic (exact) mass is 263 g/mol. The van der Waals surface area contributed by atoms with E-state index in [9.17, 15) is 9.59 Å². The summed E-state index contributed by atoms with van der Waals surface area (Å²) >= 11 is 0. The van der Waals surface area contributed by atoms with Crippen molar-refractivity contribution in [2.75, 3.05) is 7.11 Å². The molecule has 1 aromatic rings. The van der Waals surface area contributed by atoms with Gasteiger partial charge >= 0.3 is 0 Å². The summed E-state index contributed by atoms with van der Waals surface area (Å²) in [7, 11) is 1.63. The van der Waals surface area contributed by atoms with E-state index in [4.69, 9.17) is 10.5 Å². The van der Waals surface area contributed by atoms with Crippen LogP contribution in [0.5, 0.6) is 5.75 Å². The molecule has 1 aromatic carbocycles. The molecule has 0 aliphatic rings. The summed E-state index contributed by atoms with van der Waals surface area (Å²) in [6.07, 6.45) is 2.13. The van der Waals surface area contributed by atoms with Crippen molar-refractivity contribution in [3.8, 4) is 5.75 Å². The SMILES string of the molecule is COc1c(C)cc(C(=O)CCCCC(N)=O)cc1C. The van der Waals surface area contributed by atoms with Gasteiger partial charge in [0.05, 0.1) is 7.11 Å². The van der Waals surface area contributed by atoms with Crippen LogP contribution in [0.2, 0.25) is 0 Å². The Morgan fingerprint density at radius 1 is 1.11 bits per heavy atom. The Bertz CT molecular complexity index is 457. The number of nitrogens with two attached hydrogens (primary N) is 1. The zero-order valence-corrected chi connectivity index (χ0v) is 11.8. The van der Waals surface area contributed by atoms with Gasteiger partial charge in [0.1, 0.15) is 5.75 Å². The maximum absolute atomic E-state index is 12.0. The fourth-order valence-electron chi connectivity index (χ4n) is 2.16. The maximum atomic E-state index is 12.0. The highest BCUT2D eigenvalue weighted by Crippen LogP contribution is 2.25. The summed E-state index contributed by atoms with van der Waals surface area (Å²) in [4.78, 5) is 22.6. The maximum Gasteiger partial charge on any atom is 0.217 e. The average Bonchev–Trinajstić information content (AvgIpc) is 2.33. The molecule has 19 heavy (non-hydrogen) atoms. The minimum atomic E-state index is -0.316. The van der Waals surface area contributed by atoms with Crippen molar-refractivity contribution in [3.63, 3.8) is 0 Å². The van der Waals surface area contributed by atoms with Gasteiger partial charge in [-0.3, -0.25) is 9.59 Å². The first-order valence-corrected chi connectivity index (χ1v) is 6.42. The molecular formula is C15H21NO3. The number of aryl methyl sites for hydroxylation is 2. The van der Waals surface area contributed by atoms with Gasteiger partial charge in [-0.25, -0.2) is 0 Å². The number of Topliss-reactive ketones (excluding diaryl/α,β-unsaturated/α-hetero) is 1. The Balaban J connectivity index is 2.65. The van der Waals surface area contributed by atoms with Gasteiger partial charge in [0.2, 0.25) is 5.91 Å². The standard InChI is InChI=1S/C15H21NO3/c1-10-8-12(9-11(2)15(10)19-3)13(17)6-4-5-7-14(16)18/h8-9H,4-7H2,1-3H3,(H2,16,18). The number of carbonyl (C=O) groups is 2. The molecule has 0 heterocycles. The van der Waals surface area contributed by atoms with Crippen LogP contribution in [0.25, 0.3) is 0 Å². The highest BCUT2D eigenvalue weighted by Gasteiger charge is 2.11. The fourth-order valence-corrected chi connectivity index (χ4v) is 2.16. The molecule has 1 amide bonds. The zero-order chi connectivity index (χ0) is 14.4. The third-order valence-corrected chi connectivity index (χ3v) is 3.06. The van der Waals surface area contributed by atoms with Crippen LogP contribution in [-0.4, -0.2) is 18.8 Å². The molecule has 0 fully saturated rings. The molecule has 0 radical (unpaired) electrons. The van der Waals surface area contributed by atoms with E-state index in [1.165, 1.54) is 0 Å². The van der Waals surface area contributed by atoms with E-state index in [1.54, 1.807) is 7.11 Å². The molecule has 2 N–H and O–H groups in total. The normalized spacial score (nSPS) is 10.3. The second-order valence-corrected chi connectivity index (χ2v) is 4.74. The van der Waals surface area contributed by atoms with E-state index in [1.807, 2.05) is 26.0 Å². The van der Waals surface area contributed by atoms with Crippen LogP contribution < -0.4 is 10.5 Å². The number of ketones is 1.